The highest BCUT2D eigenvalue weighted by molar-refractivity contribution is 6.13. The van der Waals surface area contributed by atoms with Crippen LogP contribution < -0.4 is 4.74 Å². The van der Waals surface area contributed by atoms with Crippen molar-refractivity contribution in [3.05, 3.63) is 29.8 Å². The van der Waals surface area contributed by atoms with Crippen molar-refractivity contribution in [1.29, 1.82) is 0 Å². The predicted molar refractivity (Wildman–Crippen MR) is 71.9 cm³/mol. The summed E-state index contributed by atoms with van der Waals surface area (Å²) in [4.78, 5) is 26.4. The first-order chi connectivity index (χ1) is 8.93. The monoisotopic (exact) mass is 261 g/mol. The minimum Gasteiger partial charge on any atom is -0.497 e. The highest BCUT2D eigenvalue weighted by Crippen LogP contribution is 2.40. The second-order valence-electron chi connectivity index (χ2n) is 5.26. The van der Waals surface area contributed by atoms with Crippen LogP contribution in [0.4, 0.5) is 0 Å². The van der Waals surface area contributed by atoms with E-state index in [4.69, 9.17) is 4.74 Å². The van der Waals surface area contributed by atoms with Crippen LogP contribution in [0.2, 0.25) is 0 Å². The third-order valence-corrected chi connectivity index (χ3v) is 3.74. The number of likely N-dealkylation sites (tertiary alicyclic amines) is 1. The highest BCUT2D eigenvalue weighted by Gasteiger charge is 2.52. The van der Waals surface area contributed by atoms with Crippen molar-refractivity contribution in [2.24, 2.45) is 5.41 Å². The van der Waals surface area contributed by atoms with Gasteiger partial charge in [-0.15, -0.1) is 0 Å². The summed E-state index contributed by atoms with van der Waals surface area (Å²) in [5, 5.41) is 0. The molecule has 0 spiro atoms. The minimum atomic E-state index is -0.930. The van der Waals surface area contributed by atoms with E-state index in [2.05, 4.69) is 0 Å². The van der Waals surface area contributed by atoms with Gasteiger partial charge in [0.15, 0.2) is 5.78 Å². The van der Waals surface area contributed by atoms with E-state index in [0.717, 1.165) is 11.3 Å². The third kappa shape index (κ3) is 2.01. The molecule has 1 aromatic rings. The van der Waals surface area contributed by atoms with Crippen molar-refractivity contribution >= 4 is 11.7 Å². The molecule has 19 heavy (non-hydrogen) atoms. The maximum Gasteiger partial charge on any atom is 0.236 e. The first-order valence-electron chi connectivity index (χ1n) is 6.42. The molecule has 1 amide bonds. The zero-order chi connectivity index (χ0) is 14.2. The average Bonchev–Trinajstić information content (AvgIpc) is 2.59. The van der Waals surface area contributed by atoms with E-state index in [-0.39, 0.29) is 11.7 Å². The van der Waals surface area contributed by atoms with Gasteiger partial charge in [0.25, 0.3) is 0 Å². The van der Waals surface area contributed by atoms with Gasteiger partial charge >= 0.3 is 0 Å². The molecule has 0 bridgehead atoms. The van der Waals surface area contributed by atoms with Gasteiger partial charge in [-0.25, -0.2) is 0 Å². The Morgan fingerprint density at radius 1 is 1.21 bits per heavy atom. The first-order valence-corrected chi connectivity index (χ1v) is 6.42. The smallest absolute Gasteiger partial charge is 0.236 e. The van der Waals surface area contributed by atoms with Crippen LogP contribution in [0.3, 0.4) is 0 Å². The van der Waals surface area contributed by atoms with Gasteiger partial charge in [0.05, 0.1) is 7.11 Å². The Morgan fingerprint density at radius 2 is 1.79 bits per heavy atom. The van der Waals surface area contributed by atoms with Crippen LogP contribution in [-0.2, 0) is 9.59 Å². The quantitative estimate of drug-likeness (QED) is 0.784. The van der Waals surface area contributed by atoms with Crippen LogP contribution in [0.15, 0.2) is 24.3 Å². The third-order valence-electron chi connectivity index (χ3n) is 3.74. The Hall–Kier alpha value is -1.84. The lowest BCUT2D eigenvalue weighted by Crippen LogP contribution is -2.32. The van der Waals surface area contributed by atoms with Gasteiger partial charge in [-0.1, -0.05) is 12.1 Å². The number of carbonyl (C=O) groups is 2. The molecule has 0 aromatic heterocycles. The molecule has 2 rings (SSSR count). The predicted octanol–water partition coefficient (Wildman–Crippen LogP) is 2.19. The van der Waals surface area contributed by atoms with E-state index < -0.39 is 11.5 Å². The molecule has 1 fully saturated rings. The van der Waals surface area contributed by atoms with E-state index in [0.29, 0.717) is 6.54 Å². The number of hydrogen-bond donors (Lipinski definition) is 0. The number of hydrogen-bond acceptors (Lipinski definition) is 3. The molecule has 1 atom stereocenters. The summed E-state index contributed by atoms with van der Waals surface area (Å²) in [7, 11) is 1.60. The van der Waals surface area contributed by atoms with Crippen LogP contribution in [0.1, 0.15) is 32.4 Å². The number of ether oxygens (including phenoxy) is 1. The van der Waals surface area contributed by atoms with Gasteiger partial charge in [-0.3, -0.25) is 9.59 Å². The Bertz CT molecular complexity index is 505. The van der Waals surface area contributed by atoms with Gasteiger partial charge in [0, 0.05) is 6.54 Å². The zero-order valence-corrected chi connectivity index (χ0v) is 11.8. The molecular weight excluding hydrogens is 242 g/mol. The number of rotatable bonds is 3. The Labute approximate surface area is 113 Å². The number of benzene rings is 1. The topological polar surface area (TPSA) is 46.6 Å². The minimum absolute atomic E-state index is 0.0375. The van der Waals surface area contributed by atoms with Crippen LogP contribution in [0.25, 0.3) is 0 Å². The van der Waals surface area contributed by atoms with Crippen LogP contribution in [0.5, 0.6) is 5.75 Å². The number of amides is 1. The Morgan fingerprint density at radius 3 is 2.26 bits per heavy atom. The Kier molecular flexibility index (Phi) is 3.35. The van der Waals surface area contributed by atoms with Crippen LogP contribution in [0, 0.1) is 5.41 Å². The zero-order valence-electron chi connectivity index (χ0n) is 11.8. The van der Waals surface area contributed by atoms with E-state index in [1.54, 1.807) is 25.9 Å². The summed E-state index contributed by atoms with van der Waals surface area (Å²) in [5.74, 6) is 0.605. The van der Waals surface area contributed by atoms with Gasteiger partial charge in [-0.2, -0.15) is 0 Å². The van der Waals surface area contributed by atoms with Crippen LogP contribution in [-0.4, -0.2) is 30.2 Å². The van der Waals surface area contributed by atoms with E-state index in [9.17, 15) is 9.59 Å². The van der Waals surface area contributed by atoms with Crippen molar-refractivity contribution in [1.82, 2.24) is 4.90 Å². The fourth-order valence-corrected chi connectivity index (χ4v) is 2.51. The number of nitrogens with zero attached hydrogens (tertiary/aromatic N) is 1. The number of ketones is 1. The van der Waals surface area contributed by atoms with Crippen molar-refractivity contribution in [3.8, 4) is 5.75 Å². The second-order valence-corrected chi connectivity index (χ2v) is 5.26. The molecule has 1 unspecified atom stereocenters. The number of carbonyl (C=O) groups excluding carboxylic acids is 2. The maximum atomic E-state index is 12.5. The Balaban J connectivity index is 2.41. The van der Waals surface area contributed by atoms with E-state index in [1.807, 2.05) is 31.2 Å². The lowest BCUT2D eigenvalue weighted by atomic mass is 9.86. The number of Topliss-reactive ketones (excluding diaryl/α,β-unsaturated/α-hetero) is 1. The lowest BCUT2D eigenvalue weighted by Gasteiger charge is -2.22. The standard InChI is InChI=1S/C15H19NO3/c1-5-16-12(13(17)15(2,3)14(16)18)10-6-8-11(19-4)9-7-10/h6-9,12H,5H2,1-4H3. The summed E-state index contributed by atoms with van der Waals surface area (Å²) < 4.78 is 5.11. The van der Waals surface area contributed by atoms with E-state index in [1.165, 1.54) is 0 Å². The average molecular weight is 261 g/mol. The van der Waals surface area contributed by atoms with Gasteiger partial charge in [0.2, 0.25) is 5.91 Å². The molecule has 0 radical (unpaired) electrons. The molecule has 1 heterocycles. The maximum absolute atomic E-state index is 12.5. The highest BCUT2D eigenvalue weighted by atomic mass is 16.5. The second kappa shape index (κ2) is 4.68. The van der Waals surface area contributed by atoms with Gasteiger partial charge < -0.3 is 9.64 Å². The molecule has 0 saturated carbocycles. The summed E-state index contributed by atoms with van der Waals surface area (Å²) >= 11 is 0. The van der Waals surface area contributed by atoms with Crippen molar-refractivity contribution in [2.45, 2.75) is 26.8 Å². The summed E-state index contributed by atoms with van der Waals surface area (Å²) in [6, 6.07) is 6.84. The van der Waals surface area contributed by atoms with Crippen molar-refractivity contribution < 1.29 is 14.3 Å². The van der Waals surface area contributed by atoms with Gasteiger partial charge in [0.1, 0.15) is 17.2 Å². The SMILES string of the molecule is CCN1C(=O)C(C)(C)C(=O)C1c1ccc(OC)cc1. The summed E-state index contributed by atoms with van der Waals surface area (Å²) in [5.41, 5.74) is -0.0905. The normalized spacial score (nSPS) is 21.9. The fourth-order valence-electron chi connectivity index (χ4n) is 2.51. The van der Waals surface area contributed by atoms with Gasteiger partial charge in [-0.05, 0) is 38.5 Å². The van der Waals surface area contributed by atoms with Crippen LogP contribution >= 0.6 is 0 Å². The molecule has 1 saturated heterocycles. The molecule has 1 aliphatic rings. The molecule has 0 N–H and O–H groups in total. The molecule has 4 heteroatoms. The fraction of sp³-hybridized carbons (Fsp3) is 0.467. The number of methoxy groups -OCH3 is 1. The summed E-state index contributed by atoms with van der Waals surface area (Å²) in [6.45, 7) is 5.82. The first kappa shape index (κ1) is 13.6. The van der Waals surface area contributed by atoms with Crippen molar-refractivity contribution in [2.75, 3.05) is 13.7 Å². The van der Waals surface area contributed by atoms with Crippen molar-refractivity contribution in [3.63, 3.8) is 0 Å². The summed E-state index contributed by atoms with van der Waals surface area (Å²) in [6.07, 6.45) is 0. The van der Waals surface area contributed by atoms with E-state index >= 15 is 0 Å². The lowest BCUT2D eigenvalue weighted by molar-refractivity contribution is -0.137. The molecule has 102 valence electrons. The largest absolute Gasteiger partial charge is 0.497 e. The molecular formula is C15H19NO3. The molecule has 1 aromatic carbocycles. The molecule has 0 aliphatic carbocycles. The molecule has 4 nitrogen and oxygen atoms in total. The molecule has 1 aliphatic heterocycles. The number of likely N-dealkylation sites (N-methyl/N-ethyl adjacent to an activating group) is 1.